The molecule has 23 heavy (non-hydrogen) atoms. The fourth-order valence-electron chi connectivity index (χ4n) is 2.39. The Balaban J connectivity index is 1.89. The van der Waals surface area contributed by atoms with Gasteiger partial charge in [0.05, 0.1) is 5.69 Å². The number of nitrogens with zero attached hydrogens (tertiary/aromatic N) is 2. The Morgan fingerprint density at radius 1 is 1.30 bits per heavy atom. The van der Waals surface area contributed by atoms with Crippen molar-refractivity contribution in [1.82, 2.24) is 9.97 Å². The molecule has 0 saturated heterocycles. The monoisotopic (exact) mass is 314 g/mol. The van der Waals surface area contributed by atoms with E-state index in [-0.39, 0.29) is 5.82 Å². The Bertz CT molecular complexity index is 697. The summed E-state index contributed by atoms with van der Waals surface area (Å²) in [6, 6.07) is 7.31. The molecule has 5 heteroatoms. The van der Waals surface area contributed by atoms with E-state index in [1.807, 2.05) is 12.1 Å². The number of benzene rings is 1. The molecular weight excluding hydrogens is 291 g/mol. The summed E-state index contributed by atoms with van der Waals surface area (Å²) in [5.74, 6) is 1.66. The van der Waals surface area contributed by atoms with Crippen LogP contribution in [0.5, 0.6) is 0 Å². The predicted molar refractivity (Wildman–Crippen MR) is 91.8 cm³/mol. The number of hydrogen-bond donors (Lipinski definition) is 2. The molecule has 0 radical (unpaired) electrons. The van der Waals surface area contributed by atoms with Crippen molar-refractivity contribution in [3.8, 4) is 0 Å². The first kappa shape index (κ1) is 15.7. The average molecular weight is 314 g/mol. The fraction of sp³-hybridized carbons (Fsp3) is 0.444. The molecule has 2 aromatic rings. The van der Waals surface area contributed by atoms with E-state index in [0.717, 1.165) is 17.8 Å². The fourth-order valence-corrected chi connectivity index (χ4v) is 2.39. The molecule has 1 saturated carbocycles. The van der Waals surface area contributed by atoms with Crippen LogP contribution in [0.1, 0.15) is 50.3 Å². The van der Waals surface area contributed by atoms with E-state index in [0.29, 0.717) is 29.3 Å². The molecule has 1 heterocycles. The summed E-state index contributed by atoms with van der Waals surface area (Å²) in [5.41, 5.74) is 2.39. The van der Waals surface area contributed by atoms with E-state index in [9.17, 15) is 4.39 Å². The van der Waals surface area contributed by atoms with Gasteiger partial charge in [-0.1, -0.05) is 13.0 Å². The molecule has 1 fully saturated rings. The SMILES string of the molecule is CC[C@@H](C)Nc1nc(Nc2cccc(F)c2C)cc(C2CC2)n1. The highest BCUT2D eigenvalue weighted by Crippen LogP contribution is 2.40. The van der Waals surface area contributed by atoms with Crippen molar-refractivity contribution in [2.45, 2.75) is 52.0 Å². The van der Waals surface area contributed by atoms with Gasteiger partial charge in [-0.15, -0.1) is 0 Å². The van der Waals surface area contributed by atoms with Crippen LogP contribution < -0.4 is 10.6 Å². The van der Waals surface area contributed by atoms with Crippen LogP contribution in [0.3, 0.4) is 0 Å². The van der Waals surface area contributed by atoms with Gasteiger partial charge in [0, 0.05) is 29.3 Å². The summed E-state index contributed by atoms with van der Waals surface area (Å²) < 4.78 is 13.7. The Labute approximate surface area is 136 Å². The summed E-state index contributed by atoms with van der Waals surface area (Å²) in [4.78, 5) is 9.17. The summed E-state index contributed by atoms with van der Waals surface area (Å²) >= 11 is 0. The molecule has 0 aliphatic heterocycles. The lowest BCUT2D eigenvalue weighted by Gasteiger charge is -2.15. The van der Waals surface area contributed by atoms with Gasteiger partial charge in [-0.05, 0) is 45.2 Å². The van der Waals surface area contributed by atoms with Crippen molar-refractivity contribution in [3.63, 3.8) is 0 Å². The smallest absolute Gasteiger partial charge is 0.225 e. The first-order valence-corrected chi connectivity index (χ1v) is 8.24. The summed E-state index contributed by atoms with van der Waals surface area (Å²) in [6.07, 6.45) is 3.36. The molecule has 0 unspecified atom stereocenters. The first-order valence-electron chi connectivity index (χ1n) is 8.24. The minimum Gasteiger partial charge on any atom is -0.352 e. The molecule has 0 bridgehead atoms. The number of halogens is 1. The Morgan fingerprint density at radius 3 is 2.78 bits per heavy atom. The van der Waals surface area contributed by atoms with Gasteiger partial charge in [-0.25, -0.2) is 9.37 Å². The summed E-state index contributed by atoms with van der Waals surface area (Å²) in [7, 11) is 0. The van der Waals surface area contributed by atoms with E-state index in [4.69, 9.17) is 0 Å². The molecule has 1 aliphatic rings. The topological polar surface area (TPSA) is 49.8 Å². The average Bonchev–Trinajstić information content (AvgIpc) is 3.36. The third-order valence-corrected chi connectivity index (χ3v) is 4.26. The third kappa shape index (κ3) is 3.78. The number of hydrogen-bond acceptors (Lipinski definition) is 4. The molecule has 0 spiro atoms. The molecule has 0 amide bonds. The lowest BCUT2D eigenvalue weighted by atomic mass is 10.2. The molecule has 122 valence electrons. The molecular formula is C18H23FN4. The maximum atomic E-state index is 13.7. The maximum Gasteiger partial charge on any atom is 0.225 e. The second-order valence-electron chi connectivity index (χ2n) is 6.27. The van der Waals surface area contributed by atoms with Crippen LogP contribution in [0, 0.1) is 12.7 Å². The highest BCUT2D eigenvalue weighted by Gasteiger charge is 2.26. The van der Waals surface area contributed by atoms with Gasteiger partial charge in [0.25, 0.3) is 0 Å². The molecule has 3 rings (SSSR count). The van der Waals surface area contributed by atoms with Crippen molar-refractivity contribution in [2.75, 3.05) is 10.6 Å². The molecule has 1 atom stereocenters. The largest absolute Gasteiger partial charge is 0.352 e. The quantitative estimate of drug-likeness (QED) is 0.807. The van der Waals surface area contributed by atoms with E-state index < -0.39 is 0 Å². The molecule has 1 aromatic heterocycles. The highest BCUT2D eigenvalue weighted by molar-refractivity contribution is 5.61. The van der Waals surface area contributed by atoms with Gasteiger partial charge < -0.3 is 10.6 Å². The minimum absolute atomic E-state index is 0.218. The number of nitrogens with one attached hydrogen (secondary N) is 2. The number of anilines is 3. The van der Waals surface area contributed by atoms with Crippen LogP contribution in [0.2, 0.25) is 0 Å². The van der Waals surface area contributed by atoms with Gasteiger partial charge in [-0.2, -0.15) is 4.98 Å². The van der Waals surface area contributed by atoms with Crippen LogP contribution in [-0.4, -0.2) is 16.0 Å². The predicted octanol–water partition coefficient (Wildman–Crippen LogP) is 4.76. The Hall–Kier alpha value is -2.17. The minimum atomic E-state index is -0.218. The molecule has 2 N–H and O–H groups in total. The van der Waals surface area contributed by atoms with Crippen LogP contribution in [0.25, 0.3) is 0 Å². The van der Waals surface area contributed by atoms with Crippen LogP contribution in [0.15, 0.2) is 24.3 Å². The van der Waals surface area contributed by atoms with Gasteiger partial charge in [0.15, 0.2) is 0 Å². The van der Waals surface area contributed by atoms with Crippen molar-refractivity contribution >= 4 is 17.5 Å². The van der Waals surface area contributed by atoms with Crippen molar-refractivity contribution < 1.29 is 4.39 Å². The van der Waals surface area contributed by atoms with E-state index in [1.54, 1.807) is 13.0 Å². The lowest BCUT2D eigenvalue weighted by Crippen LogP contribution is -2.16. The normalized spacial score (nSPS) is 15.3. The van der Waals surface area contributed by atoms with Crippen LogP contribution in [0.4, 0.5) is 21.8 Å². The van der Waals surface area contributed by atoms with Crippen molar-refractivity contribution in [3.05, 3.63) is 41.3 Å². The van der Waals surface area contributed by atoms with Gasteiger partial charge in [0.2, 0.25) is 5.95 Å². The first-order chi connectivity index (χ1) is 11.1. The summed E-state index contributed by atoms with van der Waals surface area (Å²) in [5, 5.41) is 6.57. The maximum absolute atomic E-state index is 13.7. The second kappa shape index (κ2) is 6.52. The second-order valence-corrected chi connectivity index (χ2v) is 6.27. The zero-order valence-electron chi connectivity index (χ0n) is 13.9. The molecule has 1 aromatic carbocycles. The number of aromatic nitrogens is 2. The van der Waals surface area contributed by atoms with E-state index >= 15 is 0 Å². The molecule has 1 aliphatic carbocycles. The van der Waals surface area contributed by atoms with Gasteiger partial charge in [0.1, 0.15) is 11.6 Å². The Kier molecular flexibility index (Phi) is 4.46. The van der Waals surface area contributed by atoms with Crippen LogP contribution in [-0.2, 0) is 0 Å². The van der Waals surface area contributed by atoms with Crippen molar-refractivity contribution in [2.24, 2.45) is 0 Å². The van der Waals surface area contributed by atoms with Gasteiger partial charge in [-0.3, -0.25) is 0 Å². The highest BCUT2D eigenvalue weighted by atomic mass is 19.1. The third-order valence-electron chi connectivity index (χ3n) is 4.26. The standard InChI is InChI=1S/C18H23FN4/c1-4-11(2)20-18-22-16(13-8-9-13)10-17(23-18)21-15-7-5-6-14(19)12(15)3/h5-7,10-11,13H,4,8-9H2,1-3H3,(H2,20,21,22,23)/t11-/m1/s1. The van der Waals surface area contributed by atoms with E-state index in [2.05, 4.69) is 34.4 Å². The lowest BCUT2D eigenvalue weighted by molar-refractivity contribution is 0.619. The number of rotatable bonds is 6. The molecule has 4 nitrogen and oxygen atoms in total. The van der Waals surface area contributed by atoms with Crippen molar-refractivity contribution in [1.29, 1.82) is 0 Å². The Morgan fingerprint density at radius 2 is 2.09 bits per heavy atom. The summed E-state index contributed by atoms with van der Waals surface area (Å²) in [6.45, 7) is 5.99. The van der Waals surface area contributed by atoms with Gasteiger partial charge >= 0.3 is 0 Å². The zero-order chi connectivity index (χ0) is 16.4. The zero-order valence-corrected chi connectivity index (χ0v) is 13.9. The van der Waals surface area contributed by atoms with Crippen LogP contribution >= 0.6 is 0 Å². The van der Waals surface area contributed by atoms with E-state index in [1.165, 1.54) is 18.9 Å².